The van der Waals surface area contributed by atoms with E-state index in [-0.39, 0.29) is 17.1 Å². The van der Waals surface area contributed by atoms with Gasteiger partial charge in [-0.3, -0.25) is 4.90 Å². The van der Waals surface area contributed by atoms with Crippen molar-refractivity contribution in [1.29, 1.82) is 0 Å². The Morgan fingerprint density at radius 2 is 1.72 bits per heavy atom. The van der Waals surface area contributed by atoms with Crippen molar-refractivity contribution in [2.24, 2.45) is 5.92 Å². The summed E-state index contributed by atoms with van der Waals surface area (Å²) < 4.78 is 6.73. The molecule has 1 fully saturated rings. The van der Waals surface area contributed by atoms with Crippen LogP contribution in [0.3, 0.4) is 0 Å². The van der Waals surface area contributed by atoms with Crippen LogP contribution in [0.4, 0.5) is 0 Å². The molecule has 0 aromatic heterocycles. The van der Waals surface area contributed by atoms with Crippen LogP contribution in [0.1, 0.15) is 46.6 Å². The zero-order chi connectivity index (χ0) is 18.9. The second kappa shape index (κ2) is 7.51. The van der Waals surface area contributed by atoms with E-state index in [0.29, 0.717) is 0 Å². The number of aliphatic hydroxyl groups is 1. The number of nitrogens with zero attached hydrogens (tertiary/aromatic N) is 1. The van der Waals surface area contributed by atoms with Crippen molar-refractivity contribution in [3.05, 3.63) is 35.9 Å². The molecule has 1 N–H and O–H groups in total. The zero-order valence-corrected chi connectivity index (χ0v) is 18.2. The SMILES string of the molecule is CC(C)(O)[C@@H]1CN(Cc2ccccc2)CC[C@H]1O[Si](C)(C)C(C)(C)C. The van der Waals surface area contributed by atoms with Gasteiger partial charge in [-0.25, -0.2) is 0 Å². The van der Waals surface area contributed by atoms with Crippen molar-refractivity contribution >= 4 is 8.32 Å². The summed E-state index contributed by atoms with van der Waals surface area (Å²) in [6.45, 7) is 18.2. The summed E-state index contributed by atoms with van der Waals surface area (Å²) >= 11 is 0. The molecule has 0 bridgehead atoms. The normalized spacial score (nSPS) is 23.7. The molecule has 4 heteroatoms. The standard InChI is InChI=1S/C21H37NO2Si/c1-20(2,3)25(6,7)24-19-13-14-22(16-18(19)21(4,5)23)15-17-11-9-8-10-12-17/h8-12,18-19,23H,13-16H2,1-7H3/t18-,19-/m1/s1. The van der Waals surface area contributed by atoms with Gasteiger partial charge >= 0.3 is 0 Å². The highest BCUT2D eigenvalue weighted by Gasteiger charge is 2.45. The molecular weight excluding hydrogens is 326 g/mol. The van der Waals surface area contributed by atoms with E-state index in [1.165, 1.54) is 5.56 Å². The predicted octanol–water partition coefficient (Wildman–Crippen LogP) is 4.67. The second-order valence-electron chi connectivity index (χ2n) is 9.69. The smallest absolute Gasteiger partial charge is 0.192 e. The first-order valence-corrected chi connectivity index (χ1v) is 12.5. The van der Waals surface area contributed by atoms with Crippen molar-refractivity contribution in [3.8, 4) is 0 Å². The Hall–Kier alpha value is -0.683. The van der Waals surface area contributed by atoms with Crippen LogP contribution in [0, 0.1) is 5.92 Å². The molecule has 1 aromatic rings. The van der Waals surface area contributed by atoms with E-state index in [1.54, 1.807) is 0 Å². The fraction of sp³-hybridized carbons (Fsp3) is 0.714. The predicted molar refractivity (Wildman–Crippen MR) is 108 cm³/mol. The number of rotatable bonds is 5. The molecule has 142 valence electrons. The van der Waals surface area contributed by atoms with E-state index in [0.717, 1.165) is 26.1 Å². The minimum atomic E-state index is -1.84. The zero-order valence-electron chi connectivity index (χ0n) is 17.2. The molecule has 1 heterocycles. The van der Waals surface area contributed by atoms with Gasteiger partial charge in [-0.1, -0.05) is 51.1 Å². The van der Waals surface area contributed by atoms with E-state index >= 15 is 0 Å². The average molecular weight is 364 g/mol. The van der Waals surface area contributed by atoms with E-state index in [9.17, 15) is 5.11 Å². The fourth-order valence-electron chi connectivity index (χ4n) is 3.36. The van der Waals surface area contributed by atoms with Crippen molar-refractivity contribution in [3.63, 3.8) is 0 Å². The first-order chi connectivity index (χ1) is 11.4. The summed E-state index contributed by atoms with van der Waals surface area (Å²) in [5.74, 6) is 0.138. The van der Waals surface area contributed by atoms with Crippen LogP contribution in [-0.4, -0.2) is 43.1 Å². The fourth-order valence-corrected chi connectivity index (χ4v) is 4.75. The quantitative estimate of drug-likeness (QED) is 0.772. The van der Waals surface area contributed by atoms with Gasteiger partial charge in [0.1, 0.15) is 0 Å². The molecule has 2 rings (SSSR count). The maximum absolute atomic E-state index is 10.8. The molecule has 25 heavy (non-hydrogen) atoms. The molecule has 0 unspecified atom stereocenters. The average Bonchev–Trinajstić information content (AvgIpc) is 2.47. The summed E-state index contributed by atoms with van der Waals surface area (Å²) in [5.41, 5.74) is 0.600. The molecule has 2 atom stereocenters. The van der Waals surface area contributed by atoms with Gasteiger partial charge < -0.3 is 9.53 Å². The highest BCUT2D eigenvalue weighted by molar-refractivity contribution is 6.74. The van der Waals surface area contributed by atoms with Gasteiger partial charge in [-0.15, -0.1) is 0 Å². The van der Waals surface area contributed by atoms with Crippen LogP contribution < -0.4 is 0 Å². The van der Waals surface area contributed by atoms with Crippen LogP contribution in [0.5, 0.6) is 0 Å². The van der Waals surface area contributed by atoms with E-state index in [4.69, 9.17) is 4.43 Å². The molecular formula is C21H37NO2Si. The number of piperidine rings is 1. The van der Waals surface area contributed by atoms with Crippen molar-refractivity contribution in [2.45, 2.75) is 77.4 Å². The maximum Gasteiger partial charge on any atom is 0.192 e. The molecule has 1 saturated heterocycles. The van der Waals surface area contributed by atoms with Crippen LogP contribution >= 0.6 is 0 Å². The minimum Gasteiger partial charge on any atom is -0.413 e. The Kier molecular flexibility index (Phi) is 6.20. The van der Waals surface area contributed by atoms with E-state index in [1.807, 2.05) is 13.8 Å². The summed E-state index contributed by atoms with van der Waals surface area (Å²) in [5, 5.41) is 11.0. The third-order valence-corrected chi connectivity index (χ3v) is 10.5. The van der Waals surface area contributed by atoms with Crippen molar-refractivity contribution < 1.29 is 9.53 Å². The van der Waals surface area contributed by atoms with Gasteiger partial charge in [0.15, 0.2) is 8.32 Å². The largest absolute Gasteiger partial charge is 0.413 e. The minimum absolute atomic E-state index is 0.138. The number of hydrogen-bond donors (Lipinski definition) is 1. The third-order valence-electron chi connectivity index (χ3n) is 6.04. The van der Waals surface area contributed by atoms with Gasteiger partial charge in [-0.05, 0) is 44.0 Å². The molecule has 0 saturated carbocycles. The van der Waals surface area contributed by atoms with E-state index in [2.05, 4.69) is 69.1 Å². The summed E-state index contributed by atoms with van der Waals surface area (Å²) in [4.78, 5) is 2.46. The molecule has 0 amide bonds. The molecule has 3 nitrogen and oxygen atoms in total. The lowest BCUT2D eigenvalue weighted by Gasteiger charge is -2.48. The van der Waals surface area contributed by atoms with Gasteiger partial charge in [0.2, 0.25) is 0 Å². The van der Waals surface area contributed by atoms with Crippen LogP contribution in [0.2, 0.25) is 18.1 Å². The monoisotopic (exact) mass is 363 g/mol. The lowest BCUT2D eigenvalue weighted by Crippen LogP contribution is -2.56. The highest BCUT2D eigenvalue weighted by atomic mass is 28.4. The molecule has 0 spiro atoms. The topological polar surface area (TPSA) is 32.7 Å². The van der Waals surface area contributed by atoms with Gasteiger partial charge in [0, 0.05) is 25.6 Å². The number of benzene rings is 1. The lowest BCUT2D eigenvalue weighted by atomic mass is 9.82. The van der Waals surface area contributed by atoms with Crippen LogP contribution in [-0.2, 0) is 11.0 Å². The third kappa shape index (κ3) is 5.39. The summed E-state index contributed by atoms with van der Waals surface area (Å²) in [6, 6.07) is 10.6. The van der Waals surface area contributed by atoms with Gasteiger partial charge in [-0.2, -0.15) is 0 Å². The number of hydrogen-bond acceptors (Lipinski definition) is 3. The van der Waals surface area contributed by atoms with Crippen molar-refractivity contribution in [1.82, 2.24) is 4.90 Å². The summed E-state index contributed by atoms with van der Waals surface area (Å²) in [7, 11) is -1.84. The second-order valence-corrected chi connectivity index (χ2v) is 14.4. The van der Waals surface area contributed by atoms with E-state index < -0.39 is 13.9 Å². The van der Waals surface area contributed by atoms with Crippen LogP contribution in [0.25, 0.3) is 0 Å². The van der Waals surface area contributed by atoms with Crippen LogP contribution in [0.15, 0.2) is 30.3 Å². The summed E-state index contributed by atoms with van der Waals surface area (Å²) in [6.07, 6.45) is 1.14. The van der Waals surface area contributed by atoms with Gasteiger partial charge in [0.05, 0.1) is 11.7 Å². The maximum atomic E-state index is 10.8. The molecule has 0 radical (unpaired) electrons. The molecule has 1 aliphatic rings. The van der Waals surface area contributed by atoms with Gasteiger partial charge in [0.25, 0.3) is 0 Å². The Morgan fingerprint density at radius 3 is 2.24 bits per heavy atom. The Bertz CT molecular complexity index is 545. The Balaban J connectivity index is 2.10. The highest BCUT2D eigenvalue weighted by Crippen LogP contribution is 2.40. The first-order valence-electron chi connectivity index (χ1n) is 9.56. The molecule has 1 aromatic carbocycles. The Morgan fingerprint density at radius 1 is 1.12 bits per heavy atom. The molecule has 0 aliphatic carbocycles. The van der Waals surface area contributed by atoms with Crippen molar-refractivity contribution in [2.75, 3.05) is 13.1 Å². The first kappa shape index (κ1) is 20.6. The lowest BCUT2D eigenvalue weighted by molar-refractivity contribution is -0.0795. The Labute approximate surface area is 155 Å². The number of likely N-dealkylation sites (tertiary alicyclic amines) is 1. The molecule has 1 aliphatic heterocycles.